The predicted octanol–water partition coefficient (Wildman–Crippen LogP) is 3.16. The Morgan fingerprint density at radius 1 is 1.08 bits per heavy atom. The van der Waals surface area contributed by atoms with Gasteiger partial charge in [0.25, 0.3) is 10.0 Å². The van der Waals surface area contributed by atoms with Crippen LogP contribution in [0.25, 0.3) is 0 Å². The Morgan fingerprint density at radius 2 is 1.71 bits per heavy atom. The first-order valence-corrected chi connectivity index (χ1v) is 9.67. The SMILES string of the molecule is Cc1ccc(S(=O)(=O)N2C[C@@H](CCl)[C@H](c3ccccc3)C2=O)cc1. The number of rotatable bonds is 4. The lowest BCUT2D eigenvalue weighted by Crippen LogP contribution is -2.33. The molecule has 2 atom stereocenters. The standard InChI is InChI=1S/C18H18ClNO3S/c1-13-7-9-16(10-8-13)24(22,23)20-12-15(11-19)17(18(20)21)14-5-3-2-4-6-14/h2-10,15,17H,11-12H2,1H3/t15-,17+/m1/s1. The minimum Gasteiger partial charge on any atom is -0.273 e. The fourth-order valence-corrected chi connectivity index (χ4v) is 4.78. The number of carbonyl (C=O) groups is 1. The van der Waals surface area contributed by atoms with Crippen LogP contribution < -0.4 is 0 Å². The number of hydrogen-bond donors (Lipinski definition) is 0. The first-order valence-electron chi connectivity index (χ1n) is 7.69. The van der Waals surface area contributed by atoms with E-state index in [0.29, 0.717) is 0 Å². The van der Waals surface area contributed by atoms with E-state index in [4.69, 9.17) is 11.6 Å². The van der Waals surface area contributed by atoms with Crippen molar-refractivity contribution in [2.45, 2.75) is 17.7 Å². The molecule has 1 aliphatic rings. The van der Waals surface area contributed by atoms with Crippen LogP contribution in [-0.2, 0) is 14.8 Å². The molecule has 126 valence electrons. The number of nitrogens with zero attached hydrogens (tertiary/aromatic N) is 1. The van der Waals surface area contributed by atoms with E-state index in [9.17, 15) is 13.2 Å². The molecule has 0 N–H and O–H groups in total. The van der Waals surface area contributed by atoms with E-state index >= 15 is 0 Å². The van der Waals surface area contributed by atoms with E-state index < -0.39 is 21.8 Å². The lowest BCUT2D eigenvalue weighted by molar-refractivity contribution is -0.125. The predicted molar refractivity (Wildman–Crippen MR) is 93.5 cm³/mol. The molecule has 2 aromatic rings. The van der Waals surface area contributed by atoms with E-state index in [1.807, 2.05) is 37.3 Å². The summed E-state index contributed by atoms with van der Waals surface area (Å²) in [6.45, 7) is 1.99. The number of benzene rings is 2. The fraction of sp³-hybridized carbons (Fsp3) is 0.278. The van der Waals surface area contributed by atoms with Crippen LogP contribution >= 0.6 is 11.6 Å². The molecule has 0 aromatic heterocycles. The van der Waals surface area contributed by atoms with Crippen molar-refractivity contribution in [2.24, 2.45) is 5.92 Å². The zero-order valence-corrected chi connectivity index (χ0v) is 14.8. The summed E-state index contributed by atoms with van der Waals surface area (Å²) in [7, 11) is -3.86. The van der Waals surface area contributed by atoms with Crippen LogP contribution in [0.1, 0.15) is 17.0 Å². The third-order valence-electron chi connectivity index (χ3n) is 4.35. The number of halogens is 1. The van der Waals surface area contributed by atoms with Gasteiger partial charge in [-0.2, -0.15) is 0 Å². The highest BCUT2D eigenvalue weighted by molar-refractivity contribution is 7.89. The van der Waals surface area contributed by atoms with E-state index in [-0.39, 0.29) is 23.2 Å². The molecule has 0 saturated carbocycles. The normalized spacial score (nSPS) is 21.2. The highest BCUT2D eigenvalue weighted by Crippen LogP contribution is 2.37. The molecule has 0 radical (unpaired) electrons. The topological polar surface area (TPSA) is 54.5 Å². The lowest BCUT2D eigenvalue weighted by Gasteiger charge is -2.17. The van der Waals surface area contributed by atoms with Crippen molar-refractivity contribution in [1.82, 2.24) is 4.31 Å². The van der Waals surface area contributed by atoms with Gasteiger partial charge in [0, 0.05) is 18.3 Å². The summed E-state index contributed by atoms with van der Waals surface area (Å²) < 4.78 is 26.7. The summed E-state index contributed by atoms with van der Waals surface area (Å²) in [5.41, 5.74) is 1.76. The zero-order valence-electron chi connectivity index (χ0n) is 13.2. The van der Waals surface area contributed by atoms with Crippen molar-refractivity contribution in [1.29, 1.82) is 0 Å². The molecule has 3 rings (SSSR count). The average molecular weight is 364 g/mol. The van der Waals surface area contributed by atoms with Crippen LogP contribution in [0.15, 0.2) is 59.5 Å². The minimum atomic E-state index is -3.86. The molecule has 2 aromatic carbocycles. The van der Waals surface area contributed by atoms with Crippen molar-refractivity contribution < 1.29 is 13.2 Å². The molecular weight excluding hydrogens is 346 g/mol. The smallest absolute Gasteiger partial charge is 0.266 e. The summed E-state index contributed by atoms with van der Waals surface area (Å²) in [5, 5.41) is 0. The van der Waals surface area contributed by atoms with Crippen molar-refractivity contribution in [3.8, 4) is 0 Å². The van der Waals surface area contributed by atoms with Crippen molar-refractivity contribution >= 4 is 27.5 Å². The zero-order chi connectivity index (χ0) is 17.3. The monoisotopic (exact) mass is 363 g/mol. The molecule has 0 spiro atoms. The molecule has 24 heavy (non-hydrogen) atoms. The molecule has 1 heterocycles. The Labute approximate surface area is 147 Å². The van der Waals surface area contributed by atoms with Crippen LogP contribution in [0.3, 0.4) is 0 Å². The van der Waals surface area contributed by atoms with E-state index in [2.05, 4.69) is 0 Å². The molecule has 0 aliphatic carbocycles. The van der Waals surface area contributed by atoms with Gasteiger partial charge < -0.3 is 0 Å². The molecule has 0 bridgehead atoms. The van der Waals surface area contributed by atoms with Crippen LogP contribution in [0.2, 0.25) is 0 Å². The van der Waals surface area contributed by atoms with Crippen molar-refractivity contribution in [3.05, 3.63) is 65.7 Å². The number of aryl methyl sites for hydroxylation is 1. The Kier molecular flexibility index (Phi) is 4.65. The van der Waals surface area contributed by atoms with Crippen molar-refractivity contribution in [3.63, 3.8) is 0 Å². The van der Waals surface area contributed by atoms with Gasteiger partial charge in [-0.05, 0) is 24.6 Å². The average Bonchev–Trinajstić information content (AvgIpc) is 2.93. The fourth-order valence-electron chi connectivity index (χ4n) is 3.03. The van der Waals surface area contributed by atoms with Gasteiger partial charge in [0.2, 0.25) is 5.91 Å². The maximum Gasteiger partial charge on any atom is 0.266 e. The molecule has 6 heteroatoms. The number of amides is 1. The summed E-state index contributed by atoms with van der Waals surface area (Å²) >= 11 is 6.03. The third kappa shape index (κ3) is 2.94. The number of carbonyl (C=O) groups excluding carboxylic acids is 1. The van der Waals surface area contributed by atoms with E-state index in [0.717, 1.165) is 15.4 Å². The van der Waals surface area contributed by atoms with Crippen molar-refractivity contribution in [2.75, 3.05) is 12.4 Å². The van der Waals surface area contributed by atoms with Gasteiger partial charge in [0.05, 0.1) is 10.8 Å². The van der Waals surface area contributed by atoms with Gasteiger partial charge in [0.15, 0.2) is 0 Å². The quantitative estimate of drug-likeness (QED) is 0.784. The lowest BCUT2D eigenvalue weighted by atomic mass is 9.90. The van der Waals surface area contributed by atoms with Crippen LogP contribution in [0, 0.1) is 12.8 Å². The maximum atomic E-state index is 12.9. The molecule has 4 nitrogen and oxygen atoms in total. The van der Waals surface area contributed by atoms with Crippen LogP contribution in [0.5, 0.6) is 0 Å². The summed E-state index contributed by atoms with van der Waals surface area (Å²) in [4.78, 5) is 13.0. The van der Waals surface area contributed by atoms with E-state index in [1.165, 1.54) is 12.1 Å². The summed E-state index contributed by atoms with van der Waals surface area (Å²) in [6.07, 6.45) is 0. The third-order valence-corrected chi connectivity index (χ3v) is 6.52. The first-order chi connectivity index (χ1) is 11.4. The second kappa shape index (κ2) is 6.57. The second-order valence-corrected chi connectivity index (χ2v) is 8.16. The highest BCUT2D eigenvalue weighted by Gasteiger charge is 2.46. The van der Waals surface area contributed by atoms with E-state index in [1.54, 1.807) is 12.1 Å². The van der Waals surface area contributed by atoms with Crippen LogP contribution in [0.4, 0.5) is 0 Å². The summed E-state index contributed by atoms with van der Waals surface area (Å²) in [5.74, 6) is -0.941. The molecular formula is C18H18ClNO3S. The first kappa shape index (κ1) is 17.0. The Balaban J connectivity index is 1.98. The minimum absolute atomic E-state index is 0.109. The van der Waals surface area contributed by atoms with Crippen LogP contribution in [-0.4, -0.2) is 31.1 Å². The van der Waals surface area contributed by atoms with Gasteiger partial charge in [-0.25, -0.2) is 12.7 Å². The largest absolute Gasteiger partial charge is 0.273 e. The maximum absolute atomic E-state index is 12.9. The van der Waals surface area contributed by atoms with Gasteiger partial charge in [-0.3, -0.25) is 4.79 Å². The second-order valence-electron chi connectivity index (χ2n) is 5.99. The summed E-state index contributed by atoms with van der Waals surface area (Å²) in [6, 6.07) is 15.7. The Morgan fingerprint density at radius 3 is 2.29 bits per heavy atom. The molecule has 1 saturated heterocycles. The highest BCUT2D eigenvalue weighted by atomic mass is 35.5. The molecule has 1 fully saturated rings. The van der Waals surface area contributed by atoms with Gasteiger partial charge in [-0.1, -0.05) is 48.0 Å². The molecule has 1 aliphatic heterocycles. The number of alkyl halides is 1. The van der Waals surface area contributed by atoms with Gasteiger partial charge in [-0.15, -0.1) is 11.6 Å². The van der Waals surface area contributed by atoms with Gasteiger partial charge >= 0.3 is 0 Å². The Hall–Kier alpha value is -1.85. The van der Waals surface area contributed by atoms with Gasteiger partial charge in [0.1, 0.15) is 0 Å². The Bertz CT molecular complexity index is 834. The molecule has 0 unspecified atom stereocenters. The number of sulfonamides is 1. The molecule has 1 amide bonds. The number of hydrogen-bond acceptors (Lipinski definition) is 3.